The lowest BCUT2D eigenvalue weighted by Crippen LogP contribution is -2.42. The van der Waals surface area contributed by atoms with E-state index in [0.29, 0.717) is 40.6 Å². The van der Waals surface area contributed by atoms with Crippen molar-refractivity contribution < 1.29 is 13.9 Å². The highest BCUT2D eigenvalue weighted by Gasteiger charge is 2.46. The number of nitrogens with zero attached hydrogens (tertiary/aromatic N) is 3. The minimum Gasteiger partial charge on any atom is -0.489 e. The summed E-state index contributed by atoms with van der Waals surface area (Å²) in [5, 5.41) is 0. The first kappa shape index (κ1) is 26.7. The van der Waals surface area contributed by atoms with Crippen molar-refractivity contribution >= 4 is 6.03 Å². The molecule has 2 heterocycles. The molecule has 190 valence electrons. The summed E-state index contributed by atoms with van der Waals surface area (Å²) in [6, 6.07) is -0.226. The van der Waals surface area contributed by atoms with Gasteiger partial charge in [-0.1, -0.05) is 36.8 Å². The van der Waals surface area contributed by atoms with Crippen LogP contribution in [-0.2, 0) is 10.2 Å². The number of carbonyl (C=O) groups excluding carboxylic acids is 1. The Morgan fingerprint density at radius 3 is 2.72 bits per heavy atom. The van der Waals surface area contributed by atoms with Gasteiger partial charge in [0.05, 0.1) is 16.7 Å². The van der Waals surface area contributed by atoms with Crippen LogP contribution in [0, 0.1) is 19.3 Å². The van der Waals surface area contributed by atoms with Crippen molar-refractivity contribution in [2.75, 3.05) is 20.6 Å². The number of aryl methyl sites for hydroxylation is 1. The molecule has 0 radical (unpaired) electrons. The largest absolute Gasteiger partial charge is 0.489 e. The van der Waals surface area contributed by atoms with E-state index in [4.69, 9.17) is 21.3 Å². The number of allylic oxidation sites excluding steroid dienone is 7. The number of ether oxygens (including phenoxy) is 1. The number of carbonyl (C=O) groups is 1. The van der Waals surface area contributed by atoms with Crippen LogP contribution in [0.15, 0.2) is 82.1 Å². The lowest BCUT2D eigenvalue weighted by atomic mass is 9.79. The van der Waals surface area contributed by atoms with Gasteiger partial charge in [-0.25, -0.2) is 9.78 Å². The van der Waals surface area contributed by atoms with Crippen LogP contribution in [0.3, 0.4) is 0 Å². The van der Waals surface area contributed by atoms with E-state index in [1.165, 1.54) is 11.3 Å². The maximum absolute atomic E-state index is 13.0. The molecule has 7 heteroatoms. The molecular formula is C29H36N4O3. The Morgan fingerprint density at radius 2 is 2.19 bits per heavy atom. The number of urea groups is 1. The van der Waals surface area contributed by atoms with Gasteiger partial charge in [-0.2, -0.15) is 0 Å². The molecule has 1 aromatic heterocycles. The first-order valence-electron chi connectivity index (χ1n) is 12.1. The molecule has 2 atom stereocenters. The molecule has 1 aliphatic carbocycles. The number of aromatic nitrogens is 1. The highest BCUT2D eigenvalue weighted by molar-refractivity contribution is 5.78. The van der Waals surface area contributed by atoms with E-state index in [1.807, 2.05) is 39.0 Å². The second-order valence-corrected chi connectivity index (χ2v) is 9.37. The molecule has 1 aliphatic heterocycles. The molecule has 7 nitrogen and oxygen atoms in total. The van der Waals surface area contributed by atoms with Crippen LogP contribution < -0.4 is 5.73 Å². The van der Waals surface area contributed by atoms with Crippen molar-refractivity contribution in [1.29, 1.82) is 0 Å². The molecular weight excluding hydrogens is 452 g/mol. The van der Waals surface area contributed by atoms with E-state index in [-0.39, 0.29) is 12.1 Å². The summed E-state index contributed by atoms with van der Waals surface area (Å²) < 4.78 is 12.2. The highest BCUT2D eigenvalue weighted by atomic mass is 16.5. The molecule has 0 bridgehead atoms. The summed E-state index contributed by atoms with van der Waals surface area (Å²) in [4.78, 5) is 20.3. The van der Waals surface area contributed by atoms with Crippen molar-refractivity contribution in [2.24, 2.45) is 5.73 Å². The van der Waals surface area contributed by atoms with Crippen LogP contribution in [-0.4, -0.2) is 47.6 Å². The third kappa shape index (κ3) is 5.18. The third-order valence-electron chi connectivity index (χ3n) is 6.53. The fourth-order valence-electron chi connectivity index (χ4n) is 4.66. The first-order chi connectivity index (χ1) is 17.2. The Labute approximate surface area is 214 Å². The molecule has 2 amide bonds. The lowest BCUT2D eigenvalue weighted by Gasteiger charge is -2.27. The van der Waals surface area contributed by atoms with Gasteiger partial charge in [-0.3, -0.25) is 4.90 Å². The van der Waals surface area contributed by atoms with E-state index in [1.54, 1.807) is 25.1 Å². The Bertz CT molecular complexity index is 1210. The van der Waals surface area contributed by atoms with Crippen LogP contribution in [0.4, 0.5) is 4.79 Å². The van der Waals surface area contributed by atoms with Gasteiger partial charge in [0.1, 0.15) is 23.4 Å². The number of oxazole rings is 1. The molecule has 2 aliphatic rings. The molecule has 1 aromatic rings. The molecule has 0 saturated carbocycles. The zero-order chi connectivity index (χ0) is 26.5. The lowest BCUT2D eigenvalue weighted by molar-refractivity contribution is 0.115. The number of nitrogens with two attached hydrogens (primary N) is 1. The fraction of sp³-hybridized carbons (Fsp3) is 0.379. The zero-order valence-electron chi connectivity index (χ0n) is 21.9. The normalized spacial score (nSPS) is 23.1. The van der Waals surface area contributed by atoms with Gasteiger partial charge in [0, 0.05) is 32.6 Å². The number of hydrogen-bond acceptors (Lipinski definition) is 5. The van der Waals surface area contributed by atoms with Gasteiger partial charge >= 0.3 is 6.03 Å². The molecule has 36 heavy (non-hydrogen) atoms. The van der Waals surface area contributed by atoms with Gasteiger partial charge in [0.2, 0.25) is 0 Å². The van der Waals surface area contributed by atoms with Crippen molar-refractivity contribution in [3.63, 3.8) is 0 Å². The van der Waals surface area contributed by atoms with Crippen molar-refractivity contribution in [3.05, 3.63) is 89.2 Å². The number of rotatable bonds is 7. The summed E-state index contributed by atoms with van der Waals surface area (Å²) in [5.74, 6) is 4.37. The number of terminal acetylenes is 1. The van der Waals surface area contributed by atoms with Crippen LogP contribution in [0.25, 0.3) is 0 Å². The predicted octanol–water partition coefficient (Wildman–Crippen LogP) is 5.11. The van der Waals surface area contributed by atoms with Gasteiger partial charge < -0.3 is 19.8 Å². The van der Waals surface area contributed by atoms with Crippen LogP contribution in [0.1, 0.15) is 44.6 Å². The number of hydrogen-bond donors (Lipinski definition) is 1. The topological polar surface area (TPSA) is 84.8 Å². The minimum atomic E-state index is -0.750. The quantitative estimate of drug-likeness (QED) is 0.250. The Hall–Kier alpha value is -3.92. The molecule has 2 N–H and O–H groups in total. The second-order valence-electron chi connectivity index (χ2n) is 9.37. The SMILES string of the molecule is C#CC(/C(C=C)=C/C1=C(N)N(C(=O)N(C)C)CC1(C)c1ocnc1C)=C(\C=C/C)OC1CC=CCC1. The smallest absolute Gasteiger partial charge is 0.325 e. The average molecular weight is 489 g/mol. The standard InChI is InChI=1S/C29H36N4O3/c1-8-14-25(36-22-15-12-11-13-16-22)23(10-3)21(9-2)17-24-27(30)33(28(34)32(6)7)18-29(24,5)26-20(4)31-19-35-26/h3,8-9,11-12,14,17,19,22H,2,13,15-16,18,30H2,1,4-7H3/b14-8-,21-17+,25-23-. The van der Waals surface area contributed by atoms with Gasteiger partial charge in [-0.15, -0.1) is 6.42 Å². The van der Waals surface area contributed by atoms with Crippen molar-refractivity contribution in [1.82, 2.24) is 14.8 Å². The zero-order valence-corrected chi connectivity index (χ0v) is 21.9. The van der Waals surface area contributed by atoms with Gasteiger partial charge in [0.25, 0.3) is 0 Å². The van der Waals surface area contributed by atoms with Crippen LogP contribution >= 0.6 is 0 Å². The third-order valence-corrected chi connectivity index (χ3v) is 6.53. The Balaban J connectivity index is 2.18. The first-order valence-corrected chi connectivity index (χ1v) is 12.1. The molecule has 3 rings (SSSR count). The number of amides is 2. The molecule has 0 spiro atoms. The monoisotopic (exact) mass is 488 g/mol. The highest BCUT2D eigenvalue weighted by Crippen LogP contribution is 2.43. The van der Waals surface area contributed by atoms with Gasteiger partial charge in [-0.05, 0) is 51.3 Å². The summed E-state index contributed by atoms with van der Waals surface area (Å²) >= 11 is 0. The molecule has 0 fully saturated rings. The maximum atomic E-state index is 13.0. The van der Waals surface area contributed by atoms with E-state index in [0.717, 1.165) is 25.0 Å². The minimum absolute atomic E-state index is 0.0432. The van der Waals surface area contributed by atoms with Crippen molar-refractivity contribution in [3.8, 4) is 12.3 Å². The maximum Gasteiger partial charge on any atom is 0.325 e. The summed E-state index contributed by atoms with van der Waals surface area (Å²) in [7, 11) is 3.38. The van der Waals surface area contributed by atoms with E-state index in [2.05, 4.69) is 29.6 Å². The summed E-state index contributed by atoms with van der Waals surface area (Å²) in [6.45, 7) is 10.1. The fourth-order valence-corrected chi connectivity index (χ4v) is 4.66. The Kier molecular flexibility index (Phi) is 8.31. The van der Waals surface area contributed by atoms with E-state index < -0.39 is 5.41 Å². The average Bonchev–Trinajstić information content (AvgIpc) is 3.40. The Morgan fingerprint density at radius 1 is 1.44 bits per heavy atom. The van der Waals surface area contributed by atoms with E-state index >= 15 is 0 Å². The summed E-state index contributed by atoms with van der Waals surface area (Å²) in [5.41, 5.74) is 8.52. The van der Waals surface area contributed by atoms with Gasteiger partial charge in [0.15, 0.2) is 6.39 Å². The molecule has 0 aromatic carbocycles. The molecule has 0 saturated heterocycles. The van der Waals surface area contributed by atoms with Crippen LogP contribution in [0.2, 0.25) is 0 Å². The van der Waals surface area contributed by atoms with Crippen LogP contribution in [0.5, 0.6) is 0 Å². The second kappa shape index (κ2) is 11.2. The molecule has 2 unspecified atom stereocenters. The summed E-state index contributed by atoms with van der Waals surface area (Å²) in [6.07, 6.45) is 21.8. The van der Waals surface area contributed by atoms with E-state index in [9.17, 15) is 4.79 Å². The van der Waals surface area contributed by atoms with Crippen molar-refractivity contribution in [2.45, 2.75) is 51.6 Å². The predicted molar refractivity (Wildman–Crippen MR) is 142 cm³/mol.